The fraction of sp³-hybridized carbons (Fsp3) is 0.556. The van der Waals surface area contributed by atoms with E-state index in [1.807, 2.05) is 13.8 Å². The molecule has 1 aromatic heterocycles. The molecule has 0 aliphatic rings. The van der Waals surface area contributed by atoms with Crippen molar-refractivity contribution in [2.75, 3.05) is 18.4 Å². The van der Waals surface area contributed by atoms with E-state index in [9.17, 15) is 0 Å². The molecule has 0 atom stereocenters. The number of nitrogens with one attached hydrogen (secondary N) is 2. The summed E-state index contributed by atoms with van der Waals surface area (Å²) in [7, 11) is 0. The summed E-state index contributed by atoms with van der Waals surface area (Å²) in [5.41, 5.74) is 8.41. The molecule has 0 aliphatic heterocycles. The summed E-state index contributed by atoms with van der Waals surface area (Å²) < 4.78 is 0.532. The summed E-state index contributed by atoms with van der Waals surface area (Å²) in [6.45, 7) is 5.49. The van der Waals surface area contributed by atoms with E-state index in [1.165, 1.54) is 0 Å². The van der Waals surface area contributed by atoms with Crippen LogP contribution in [0.5, 0.6) is 0 Å². The van der Waals surface area contributed by atoms with Crippen LogP contribution in [0.2, 0.25) is 0 Å². The van der Waals surface area contributed by atoms with Crippen molar-refractivity contribution >= 4 is 17.9 Å². The Balaban J connectivity index is 2.80. The maximum atomic E-state index is 5.41. The summed E-state index contributed by atoms with van der Waals surface area (Å²) in [6, 6.07) is 0. The van der Waals surface area contributed by atoms with E-state index in [1.54, 1.807) is 0 Å². The van der Waals surface area contributed by atoms with E-state index < -0.39 is 0 Å². The number of aromatic amines is 1. The van der Waals surface area contributed by atoms with E-state index in [4.69, 9.17) is 18.0 Å². The second kappa shape index (κ2) is 5.07. The van der Waals surface area contributed by atoms with Gasteiger partial charge >= 0.3 is 0 Å². The standard InChI is InChI=1S/C9H16N4S/c1-6-8(11-5-3-4-10)7(2)13-9(14)12-6/h11H,3-5,10H2,1-2H3,(H,12,13,14). The van der Waals surface area contributed by atoms with E-state index in [0.29, 0.717) is 11.3 Å². The third-order valence-corrected chi connectivity index (χ3v) is 2.18. The number of aryl methyl sites for hydroxylation is 2. The normalized spacial score (nSPS) is 10.2. The SMILES string of the molecule is Cc1nc(=S)[nH]c(C)c1NCCCN. The van der Waals surface area contributed by atoms with Gasteiger partial charge in [-0.25, -0.2) is 4.98 Å². The Morgan fingerprint density at radius 3 is 2.79 bits per heavy atom. The highest BCUT2D eigenvalue weighted by atomic mass is 32.1. The van der Waals surface area contributed by atoms with Crippen LogP contribution in [-0.4, -0.2) is 23.1 Å². The van der Waals surface area contributed by atoms with Crippen molar-refractivity contribution in [2.45, 2.75) is 20.3 Å². The number of H-pyrrole nitrogens is 1. The van der Waals surface area contributed by atoms with Gasteiger partial charge in [0.15, 0.2) is 4.77 Å². The molecular weight excluding hydrogens is 196 g/mol. The minimum Gasteiger partial charge on any atom is -0.382 e. The maximum Gasteiger partial charge on any atom is 0.197 e. The molecule has 0 aliphatic carbocycles. The number of anilines is 1. The predicted octanol–water partition coefficient (Wildman–Crippen LogP) is 1.52. The zero-order valence-corrected chi connectivity index (χ0v) is 9.37. The predicted molar refractivity (Wildman–Crippen MR) is 61.1 cm³/mol. The lowest BCUT2D eigenvalue weighted by Gasteiger charge is -2.10. The van der Waals surface area contributed by atoms with Crippen LogP contribution >= 0.6 is 12.2 Å². The van der Waals surface area contributed by atoms with Crippen LogP contribution in [0.3, 0.4) is 0 Å². The number of nitrogens with two attached hydrogens (primary N) is 1. The number of hydrogen-bond donors (Lipinski definition) is 3. The highest BCUT2D eigenvalue weighted by molar-refractivity contribution is 7.71. The summed E-state index contributed by atoms with van der Waals surface area (Å²) in [5.74, 6) is 0. The van der Waals surface area contributed by atoms with Gasteiger partial charge in [-0.05, 0) is 39.0 Å². The Hall–Kier alpha value is -0.940. The van der Waals surface area contributed by atoms with Crippen molar-refractivity contribution in [3.8, 4) is 0 Å². The Morgan fingerprint density at radius 2 is 2.21 bits per heavy atom. The molecule has 14 heavy (non-hydrogen) atoms. The molecular formula is C9H16N4S. The third-order valence-electron chi connectivity index (χ3n) is 1.98. The molecule has 1 aromatic rings. The quantitative estimate of drug-likeness (QED) is 0.523. The highest BCUT2D eigenvalue weighted by Crippen LogP contribution is 2.14. The largest absolute Gasteiger partial charge is 0.382 e. The van der Waals surface area contributed by atoms with Crippen LogP contribution in [-0.2, 0) is 0 Å². The minimum absolute atomic E-state index is 0.532. The molecule has 0 fully saturated rings. The van der Waals surface area contributed by atoms with Crippen LogP contribution in [0.25, 0.3) is 0 Å². The van der Waals surface area contributed by atoms with E-state index in [-0.39, 0.29) is 0 Å². The van der Waals surface area contributed by atoms with Crippen molar-refractivity contribution in [3.63, 3.8) is 0 Å². The molecule has 0 saturated heterocycles. The van der Waals surface area contributed by atoms with Gasteiger partial charge < -0.3 is 16.0 Å². The van der Waals surface area contributed by atoms with Gasteiger partial charge in [0.1, 0.15) is 0 Å². The number of hydrogen-bond acceptors (Lipinski definition) is 4. The van der Waals surface area contributed by atoms with Crippen LogP contribution in [0, 0.1) is 18.6 Å². The summed E-state index contributed by atoms with van der Waals surface area (Å²) in [4.78, 5) is 7.20. The lowest BCUT2D eigenvalue weighted by atomic mass is 10.3. The Morgan fingerprint density at radius 1 is 1.50 bits per heavy atom. The summed E-state index contributed by atoms with van der Waals surface area (Å²) >= 11 is 4.97. The van der Waals surface area contributed by atoms with Crippen LogP contribution < -0.4 is 11.1 Å². The fourth-order valence-corrected chi connectivity index (χ4v) is 1.60. The van der Waals surface area contributed by atoms with E-state index >= 15 is 0 Å². The second-order valence-electron chi connectivity index (χ2n) is 3.20. The first kappa shape index (κ1) is 11.1. The lowest BCUT2D eigenvalue weighted by molar-refractivity contribution is 0.867. The lowest BCUT2D eigenvalue weighted by Crippen LogP contribution is -2.11. The zero-order valence-electron chi connectivity index (χ0n) is 8.55. The van der Waals surface area contributed by atoms with Gasteiger partial charge in [0.25, 0.3) is 0 Å². The van der Waals surface area contributed by atoms with Gasteiger partial charge in [-0.1, -0.05) is 0 Å². The summed E-state index contributed by atoms with van der Waals surface area (Å²) in [6.07, 6.45) is 0.953. The molecule has 4 nitrogen and oxygen atoms in total. The molecule has 78 valence electrons. The Bertz CT molecular complexity index is 332. The number of aromatic nitrogens is 2. The molecule has 0 aromatic carbocycles. The van der Waals surface area contributed by atoms with Crippen molar-refractivity contribution in [1.29, 1.82) is 0 Å². The molecule has 0 bridgehead atoms. The number of rotatable bonds is 4. The average molecular weight is 212 g/mol. The zero-order chi connectivity index (χ0) is 10.6. The van der Waals surface area contributed by atoms with Gasteiger partial charge in [0, 0.05) is 12.2 Å². The van der Waals surface area contributed by atoms with Gasteiger partial charge in [0.05, 0.1) is 11.4 Å². The van der Waals surface area contributed by atoms with Gasteiger partial charge in [0.2, 0.25) is 0 Å². The molecule has 0 amide bonds. The van der Waals surface area contributed by atoms with Gasteiger partial charge in [-0.15, -0.1) is 0 Å². The van der Waals surface area contributed by atoms with Crippen LogP contribution in [0.4, 0.5) is 5.69 Å². The third kappa shape index (κ3) is 2.78. The molecule has 4 N–H and O–H groups in total. The molecule has 0 unspecified atom stereocenters. The van der Waals surface area contributed by atoms with Crippen LogP contribution in [0.1, 0.15) is 17.8 Å². The molecule has 1 heterocycles. The first-order valence-corrected chi connectivity index (χ1v) is 5.07. The highest BCUT2D eigenvalue weighted by Gasteiger charge is 2.02. The molecule has 1 rings (SSSR count). The molecule has 0 radical (unpaired) electrons. The first-order chi connectivity index (χ1) is 6.65. The monoisotopic (exact) mass is 212 g/mol. The molecule has 0 spiro atoms. The molecule has 5 heteroatoms. The average Bonchev–Trinajstić information content (AvgIpc) is 2.09. The summed E-state index contributed by atoms with van der Waals surface area (Å²) in [5, 5.41) is 3.29. The van der Waals surface area contributed by atoms with Crippen molar-refractivity contribution < 1.29 is 0 Å². The smallest absolute Gasteiger partial charge is 0.197 e. The fourth-order valence-electron chi connectivity index (χ4n) is 1.31. The number of nitrogens with zero attached hydrogens (tertiary/aromatic N) is 1. The topological polar surface area (TPSA) is 66.7 Å². The Labute approximate surface area is 88.9 Å². The van der Waals surface area contributed by atoms with E-state index in [2.05, 4.69) is 15.3 Å². The maximum absolute atomic E-state index is 5.41. The van der Waals surface area contributed by atoms with Crippen molar-refractivity contribution in [3.05, 3.63) is 16.2 Å². The first-order valence-electron chi connectivity index (χ1n) is 4.66. The Kier molecular flexibility index (Phi) is 4.03. The van der Waals surface area contributed by atoms with Gasteiger partial charge in [-0.3, -0.25) is 0 Å². The molecule has 0 saturated carbocycles. The van der Waals surface area contributed by atoms with Crippen molar-refractivity contribution in [2.24, 2.45) is 5.73 Å². The minimum atomic E-state index is 0.532. The second-order valence-corrected chi connectivity index (χ2v) is 3.58. The van der Waals surface area contributed by atoms with Crippen molar-refractivity contribution in [1.82, 2.24) is 9.97 Å². The van der Waals surface area contributed by atoms with E-state index in [0.717, 1.165) is 30.0 Å². The van der Waals surface area contributed by atoms with Gasteiger partial charge in [-0.2, -0.15) is 0 Å². The van der Waals surface area contributed by atoms with Crippen LogP contribution in [0.15, 0.2) is 0 Å².